The van der Waals surface area contributed by atoms with E-state index in [0.29, 0.717) is 22.5 Å². The summed E-state index contributed by atoms with van der Waals surface area (Å²) in [6.45, 7) is 6.83. The van der Waals surface area contributed by atoms with Crippen molar-refractivity contribution in [2.24, 2.45) is 39.9 Å². The molecule has 5 aliphatic rings. The Labute approximate surface area is 140 Å². The van der Waals surface area contributed by atoms with Gasteiger partial charge in [-0.05, 0) is 92.8 Å². The minimum atomic E-state index is -0.437. The van der Waals surface area contributed by atoms with Gasteiger partial charge < -0.3 is 5.11 Å². The minimum absolute atomic E-state index is 0.0100. The molecule has 5 aliphatic carbocycles. The molecule has 2 nitrogen and oxygen atoms in total. The Morgan fingerprint density at radius 3 is 2.57 bits per heavy atom. The third kappa shape index (κ3) is 1.50. The van der Waals surface area contributed by atoms with Crippen LogP contribution in [0, 0.1) is 39.9 Å². The van der Waals surface area contributed by atoms with E-state index >= 15 is 0 Å². The molecule has 5 saturated carbocycles. The van der Waals surface area contributed by atoms with Gasteiger partial charge in [-0.3, -0.25) is 4.79 Å². The van der Waals surface area contributed by atoms with Crippen molar-refractivity contribution >= 4 is 5.78 Å². The maximum Gasteiger partial charge on any atom is 0.139 e. The van der Waals surface area contributed by atoms with Crippen molar-refractivity contribution in [1.82, 2.24) is 0 Å². The second kappa shape index (κ2) is 4.06. The molecule has 0 unspecified atom stereocenters. The first-order valence-electron chi connectivity index (χ1n) is 10.0. The number of Topliss-reactive ketones (excluding diaryl/α,β-unsaturated/α-hetero) is 1. The van der Waals surface area contributed by atoms with Gasteiger partial charge in [-0.2, -0.15) is 0 Å². The van der Waals surface area contributed by atoms with Crippen LogP contribution in [-0.2, 0) is 4.79 Å². The average molecular weight is 316 g/mol. The minimum Gasteiger partial charge on any atom is -0.390 e. The van der Waals surface area contributed by atoms with Crippen LogP contribution in [0.15, 0.2) is 0 Å². The van der Waals surface area contributed by atoms with Crippen LogP contribution < -0.4 is 0 Å². The molecule has 5 fully saturated rings. The molecular formula is C21H32O2. The van der Waals surface area contributed by atoms with E-state index in [-0.39, 0.29) is 5.41 Å². The zero-order chi connectivity index (χ0) is 16.3. The molecule has 0 aromatic carbocycles. The van der Waals surface area contributed by atoms with Gasteiger partial charge in [0.15, 0.2) is 0 Å². The van der Waals surface area contributed by atoms with Gasteiger partial charge in [0.05, 0.1) is 5.60 Å². The molecule has 5 rings (SSSR count). The van der Waals surface area contributed by atoms with Gasteiger partial charge in [0.25, 0.3) is 0 Å². The van der Waals surface area contributed by atoms with Crippen LogP contribution in [0.3, 0.4) is 0 Å². The van der Waals surface area contributed by atoms with E-state index in [1.807, 2.05) is 0 Å². The van der Waals surface area contributed by atoms with Gasteiger partial charge in [0.1, 0.15) is 5.78 Å². The lowest BCUT2D eigenvalue weighted by Gasteiger charge is -2.55. The predicted molar refractivity (Wildman–Crippen MR) is 89.8 cm³/mol. The number of hydrogen-bond acceptors (Lipinski definition) is 2. The maximum absolute atomic E-state index is 12.5. The van der Waals surface area contributed by atoms with Crippen molar-refractivity contribution in [2.75, 3.05) is 0 Å². The molecule has 0 aliphatic heterocycles. The van der Waals surface area contributed by atoms with Crippen molar-refractivity contribution in [3.8, 4) is 0 Å². The fourth-order valence-electron chi connectivity index (χ4n) is 8.90. The van der Waals surface area contributed by atoms with Gasteiger partial charge in [-0.1, -0.05) is 13.8 Å². The van der Waals surface area contributed by atoms with E-state index in [9.17, 15) is 9.90 Å². The second-order valence-corrected chi connectivity index (χ2v) is 10.4. The Balaban J connectivity index is 1.51. The number of aliphatic hydroxyl groups is 1. The summed E-state index contributed by atoms with van der Waals surface area (Å²) in [5.74, 6) is 3.65. The molecule has 23 heavy (non-hydrogen) atoms. The summed E-state index contributed by atoms with van der Waals surface area (Å²) >= 11 is 0. The average Bonchev–Trinajstić information content (AvgIpc) is 2.87. The first-order valence-corrected chi connectivity index (χ1v) is 10.0. The van der Waals surface area contributed by atoms with Gasteiger partial charge in [0, 0.05) is 11.8 Å². The summed E-state index contributed by atoms with van der Waals surface area (Å²) in [5.41, 5.74) is 0.529. The van der Waals surface area contributed by atoms with Crippen LogP contribution in [0.4, 0.5) is 0 Å². The molecule has 0 saturated heterocycles. The lowest BCUT2D eigenvalue weighted by Crippen LogP contribution is -2.50. The summed E-state index contributed by atoms with van der Waals surface area (Å²) in [5, 5.41) is 10.7. The molecule has 0 radical (unpaired) electrons. The van der Waals surface area contributed by atoms with Crippen molar-refractivity contribution in [1.29, 1.82) is 0 Å². The number of rotatable bonds is 0. The van der Waals surface area contributed by atoms with Crippen molar-refractivity contribution < 1.29 is 9.90 Å². The van der Waals surface area contributed by atoms with Crippen LogP contribution in [-0.4, -0.2) is 16.5 Å². The van der Waals surface area contributed by atoms with Crippen LogP contribution in [0.25, 0.3) is 0 Å². The first kappa shape index (κ1) is 14.9. The van der Waals surface area contributed by atoms with Crippen LogP contribution in [0.2, 0.25) is 0 Å². The summed E-state index contributed by atoms with van der Waals surface area (Å²) in [6.07, 6.45) is 10.3. The maximum atomic E-state index is 12.5. The predicted octanol–water partition coefficient (Wildman–Crippen LogP) is 4.35. The van der Waals surface area contributed by atoms with E-state index in [0.717, 1.165) is 49.9 Å². The van der Waals surface area contributed by atoms with Crippen molar-refractivity contribution in [2.45, 2.75) is 84.2 Å². The Morgan fingerprint density at radius 1 is 1.00 bits per heavy atom. The number of fused-ring (bicyclic) bond motifs is 3. The molecule has 0 bridgehead atoms. The summed E-state index contributed by atoms with van der Waals surface area (Å²) in [4.78, 5) is 12.5. The van der Waals surface area contributed by atoms with Gasteiger partial charge in [-0.15, -0.1) is 0 Å². The molecule has 8 atom stereocenters. The molecule has 128 valence electrons. The molecule has 0 amide bonds. The molecule has 0 spiro atoms. The summed E-state index contributed by atoms with van der Waals surface area (Å²) in [7, 11) is 0. The summed E-state index contributed by atoms with van der Waals surface area (Å²) < 4.78 is 0. The smallest absolute Gasteiger partial charge is 0.139 e. The standard InChI is InChI=1S/C21H32O2/c1-13-20-9-6-14-15-4-5-17(22)19(15,3)8-7-16(14)21(13,20)11-10-18(2,23)12-20/h13-16,23H,4-12H2,1-3H3/t13-,14+,15+,16+,18-,19+,20-,21+/m1/s1. The number of carbonyl (C=O) groups excluding carboxylic acids is 1. The van der Waals surface area contributed by atoms with Crippen LogP contribution >= 0.6 is 0 Å². The van der Waals surface area contributed by atoms with E-state index in [1.165, 1.54) is 25.7 Å². The molecular weight excluding hydrogens is 284 g/mol. The second-order valence-electron chi connectivity index (χ2n) is 10.4. The van der Waals surface area contributed by atoms with Crippen molar-refractivity contribution in [3.05, 3.63) is 0 Å². The Hall–Kier alpha value is -0.370. The third-order valence-electron chi connectivity index (χ3n) is 9.95. The fourth-order valence-corrected chi connectivity index (χ4v) is 8.90. The molecule has 0 aromatic rings. The van der Waals surface area contributed by atoms with Gasteiger partial charge in [0.2, 0.25) is 0 Å². The Bertz CT molecular complexity index is 580. The largest absolute Gasteiger partial charge is 0.390 e. The SMILES string of the molecule is C[C@@H]1[C@]23CC[C@@H]4[C@H](CC[C@]5(C)C(=O)CC[C@@H]45)[C@]12CC[C@@](C)(O)C3. The highest BCUT2D eigenvalue weighted by atomic mass is 16.3. The molecule has 0 aromatic heterocycles. The zero-order valence-corrected chi connectivity index (χ0v) is 15.0. The van der Waals surface area contributed by atoms with Gasteiger partial charge in [-0.25, -0.2) is 0 Å². The van der Waals surface area contributed by atoms with Crippen molar-refractivity contribution in [3.63, 3.8) is 0 Å². The molecule has 1 N–H and O–H groups in total. The topological polar surface area (TPSA) is 37.3 Å². The Morgan fingerprint density at radius 2 is 1.78 bits per heavy atom. The first-order chi connectivity index (χ1) is 10.8. The molecule has 0 heterocycles. The number of ketones is 1. The van der Waals surface area contributed by atoms with E-state index in [1.54, 1.807) is 0 Å². The number of carbonyl (C=O) groups is 1. The highest BCUT2D eigenvalue weighted by Crippen LogP contribution is 2.86. The lowest BCUT2D eigenvalue weighted by molar-refractivity contribution is -0.135. The number of hydrogen-bond donors (Lipinski definition) is 1. The van der Waals surface area contributed by atoms with E-state index < -0.39 is 5.60 Å². The fraction of sp³-hybridized carbons (Fsp3) is 0.952. The van der Waals surface area contributed by atoms with E-state index in [2.05, 4.69) is 20.8 Å². The monoisotopic (exact) mass is 316 g/mol. The highest BCUT2D eigenvalue weighted by Gasteiger charge is 2.81. The van der Waals surface area contributed by atoms with Gasteiger partial charge >= 0.3 is 0 Å². The van der Waals surface area contributed by atoms with Crippen LogP contribution in [0.5, 0.6) is 0 Å². The quantitative estimate of drug-likeness (QED) is 0.721. The third-order valence-corrected chi connectivity index (χ3v) is 9.95. The lowest BCUT2D eigenvalue weighted by atomic mass is 9.49. The molecule has 2 heteroatoms. The normalized spacial score (nSPS) is 63.7. The Kier molecular flexibility index (Phi) is 2.63. The summed E-state index contributed by atoms with van der Waals surface area (Å²) in [6, 6.07) is 0. The highest BCUT2D eigenvalue weighted by molar-refractivity contribution is 5.87. The zero-order valence-electron chi connectivity index (χ0n) is 15.0. The van der Waals surface area contributed by atoms with Crippen LogP contribution in [0.1, 0.15) is 78.6 Å². The van der Waals surface area contributed by atoms with E-state index in [4.69, 9.17) is 0 Å².